The number of aromatic nitrogens is 1. The molecule has 1 aromatic heterocycles. The molecule has 0 amide bonds. The van der Waals surface area contributed by atoms with Gasteiger partial charge in [-0.15, -0.1) is 0 Å². The normalized spacial score (nSPS) is 9.50. The number of carbonyl (C=O) groups is 1. The molecule has 1 aromatic rings. The number of likely N-dealkylation sites (N-methyl/N-ethyl adjacent to an activating group) is 1. The molecule has 5 nitrogen and oxygen atoms in total. The topological polar surface area (TPSA) is 79.5 Å². The Bertz CT molecular complexity index is 329. The fourth-order valence-electron chi connectivity index (χ4n) is 1.16. The van der Waals surface area contributed by atoms with Crippen LogP contribution in [-0.4, -0.2) is 34.6 Å². The third kappa shape index (κ3) is 5.31. The number of nitrogen functional groups attached to an aromatic ring is 1. The monoisotopic (exact) mass is 225 g/mol. The molecule has 1 heterocycles. The largest absolute Gasteiger partial charge is 0.480 e. The summed E-state index contributed by atoms with van der Waals surface area (Å²) in [6.45, 7) is 4.49. The lowest BCUT2D eigenvalue weighted by atomic mass is 10.2. The summed E-state index contributed by atoms with van der Waals surface area (Å²) in [5.41, 5.74) is 6.46. The van der Waals surface area contributed by atoms with Gasteiger partial charge in [0.15, 0.2) is 0 Å². The SMILES string of the molecule is CC.CN(CC(=O)O)Cc1cccnc1N. The Morgan fingerprint density at radius 3 is 2.69 bits per heavy atom. The number of pyridine rings is 1. The van der Waals surface area contributed by atoms with Gasteiger partial charge in [-0.1, -0.05) is 19.9 Å². The van der Waals surface area contributed by atoms with Gasteiger partial charge in [0.25, 0.3) is 0 Å². The van der Waals surface area contributed by atoms with Gasteiger partial charge in [-0.05, 0) is 13.1 Å². The second-order valence-electron chi connectivity index (χ2n) is 3.11. The molecule has 0 aliphatic rings. The van der Waals surface area contributed by atoms with Crippen LogP contribution in [0.2, 0.25) is 0 Å². The van der Waals surface area contributed by atoms with Crippen molar-refractivity contribution in [1.82, 2.24) is 9.88 Å². The zero-order valence-corrected chi connectivity index (χ0v) is 9.97. The fourth-order valence-corrected chi connectivity index (χ4v) is 1.16. The van der Waals surface area contributed by atoms with Crippen molar-refractivity contribution in [2.24, 2.45) is 0 Å². The Kier molecular flexibility index (Phi) is 6.87. The first kappa shape index (κ1) is 14.4. The number of hydrogen-bond acceptors (Lipinski definition) is 4. The lowest BCUT2D eigenvalue weighted by Gasteiger charge is -2.14. The molecule has 0 aromatic carbocycles. The number of anilines is 1. The molecule has 0 bridgehead atoms. The molecule has 5 heteroatoms. The van der Waals surface area contributed by atoms with Gasteiger partial charge in [0.2, 0.25) is 0 Å². The Hall–Kier alpha value is -1.62. The molecule has 0 spiro atoms. The number of aliphatic carboxylic acids is 1. The average molecular weight is 225 g/mol. The van der Waals surface area contributed by atoms with E-state index in [9.17, 15) is 4.79 Å². The van der Waals surface area contributed by atoms with Crippen LogP contribution in [0.3, 0.4) is 0 Å². The van der Waals surface area contributed by atoms with E-state index in [4.69, 9.17) is 10.8 Å². The number of carboxylic acid groups (broad SMARTS) is 1. The number of rotatable bonds is 4. The molecule has 0 unspecified atom stereocenters. The van der Waals surface area contributed by atoms with Crippen LogP contribution in [0, 0.1) is 0 Å². The van der Waals surface area contributed by atoms with Crippen LogP contribution >= 0.6 is 0 Å². The van der Waals surface area contributed by atoms with E-state index in [-0.39, 0.29) is 6.54 Å². The van der Waals surface area contributed by atoms with Crippen molar-refractivity contribution in [3.63, 3.8) is 0 Å². The van der Waals surface area contributed by atoms with Gasteiger partial charge in [-0.25, -0.2) is 4.98 Å². The van der Waals surface area contributed by atoms with Crippen molar-refractivity contribution < 1.29 is 9.90 Å². The second-order valence-corrected chi connectivity index (χ2v) is 3.11. The molecule has 0 saturated heterocycles. The highest BCUT2D eigenvalue weighted by Gasteiger charge is 2.06. The van der Waals surface area contributed by atoms with Crippen molar-refractivity contribution in [3.8, 4) is 0 Å². The first-order valence-corrected chi connectivity index (χ1v) is 5.19. The summed E-state index contributed by atoms with van der Waals surface area (Å²) < 4.78 is 0. The molecular weight excluding hydrogens is 206 g/mol. The number of nitrogens with two attached hydrogens (primary N) is 1. The predicted molar refractivity (Wildman–Crippen MR) is 64.0 cm³/mol. The molecule has 3 N–H and O–H groups in total. The molecule has 0 fully saturated rings. The van der Waals surface area contributed by atoms with Crippen molar-refractivity contribution >= 4 is 11.8 Å². The zero-order chi connectivity index (χ0) is 12.6. The molecule has 90 valence electrons. The summed E-state index contributed by atoms with van der Waals surface area (Å²) >= 11 is 0. The summed E-state index contributed by atoms with van der Waals surface area (Å²) in [7, 11) is 1.72. The molecule has 0 aliphatic heterocycles. The third-order valence-corrected chi connectivity index (χ3v) is 1.77. The van der Waals surface area contributed by atoms with E-state index in [1.54, 1.807) is 24.2 Å². The molecule has 0 atom stereocenters. The van der Waals surface area contributed by atoms with Gasteiger partial charge in [0.1, 0.15) is 5.82 Å². The van der Waals surface area contributed by atoms with Crippen LogP contribution in [0.5, 0.6) is 0 Å². The van der Waals surface area contributed by atoms with Crippen LogP contribution < -0.4 is 5.73 Å². The maximum Gasteiger partial charge on any atom is 0.317 e. The van der Waals surface area contributed by atoms with Gasteiger partial charge in [0.05, 0.1) is 6.54 Å². The minimum absolute atomic E-state index is 0.00562. The summed E-state index contributed by atoms with van der Waals surface area (Å²) in [5.74, 6) is -0.403. The fraction of sp³-hybridized carbons (Fsp3) is 0.455. The van der Waals surface area contributed by atoms with E-state index >= 15 is 0 Å². The summed E-state index contributed by atoms with van der Waals surface area (Å²) in [4.78, 5) is 16.0. The summed E-state index contributed by atoms with van der Waals surface area (Å²) in [6.07, 6.45) is 1.61. The maximum absolute atomic E-state index is 10.4. The smallest absolute Gasteiger partial charge is 0.317 e. The molecule has 1 rings (SSSR count). The van der Waals surface area contributed by atoms with Crippen molar-refractivity contribution in [2.75, 3.05) is 19.3 Å². The number of hydrogen-bond donors (Lipinski definition) is 2. The van der Waals surface area contributed by atoms with E-state index in [0.29, 0.717) is 12.4 Å². The summed E-state index contributed by atoms with van der Waals surface area (Å²) in [5, 5.41) is 8.54. The van der Waals surface area contributed by atoms with E-state index in [1.165, 1.54) is 0 Å². The van der Waals surface area contributed by atoms with Crippen molar-refractivity contribution in [1.29, 1.82) is 0 Å². The minimum Gasteiger partial charge on any atom is -0.480 e. The lowest BCUT2D eigenvalue weighted by Crippen LogP contribution is -2.25. The molecule has 0 saturated carbocycles. The molecule has 16 heavy (non-hydrogen) atoms. The maximum atomic E-state index is 10.4. The predicted octanol–water partition coefficient (Wildman–Crippen LogP) is 1.21. The minimum atomic E-state index is -0.852. The Labute approximate surface area is 95.9 Å². The lowest BCUT2D eigenvalue weighted by molar-refractivity contribution is -0.138. The Balaban J connectivity index is 0.00000106. The first-order chi connectivity index (χ1) is 7.59. The van der Waals surface area contributed by atoms with Gasteiger partial charge >= 0.3 is 5.97 Å². The molecular formula is C11H19N3O2. The zero-order valence-electron chi connectivity index (χ0n) is 9.97. The number of carboxylic acids is 1. The van der Waals surface area contributed by atoms with E-state index in [0.717, 1.165) is 5.56 Å². The quantitative estimate of drug-likeness (QED) is 0.805. The van der Waals surface area contributed by atoms with Crippen LogP contribution in [0.25, 0.3) is 0 Å². The van der Waals surface area contributed by atoms with Crippen molar-refractivity contribution in [2.45, 2.75) is 20.4 Å². The van der Waals surface area contributed by atoms with E-state index in [1.807, 2.05) is 19.9 Å². The first-order valence-electron chi connectivity index (χ1n) is 5.19. The van der Waals surface area contributed by atoms with Crippen LogP contribution in [0.15, 0.2) is 18.3 Å². The standard InChI is InChI=1S/C9H13N3O2.C2H6/c1-12(6-8(13)14)5-7-3-2-4-11-9(7)10;1-2/h2-4H,5-6H2,1H3,(H2,10,11)(H,13,14);1-2H3. The highest BCUT2D eigenvalue weighted by atomic mass is 16.4. The molecule has 0 radical (unpaired) electrons. The third-order valence-electron chi connectivity index (χ3n) is 1.77. The van der Waals surface area contributed by atoms with Gasteiger partial charge in [-0.3, -0.25) is 9.69 Å². The number of nitrogens with zero attached hydrogens (tertiary/aromatic N) is 2. The summed E-state index contributed by atoms with van der Waals surface area (Å²) in [6, 6.07) is 3.61. The van der Waals surface area contributed by atoms with Crippen LogP contribution in [-0.2, 0) is 11.3 Å². The highest BCUT2D eigenvalue weighted by molar-refractivity contribution is 5.69. The van der Waals surface area contributed by atoms with Gasteiger partial charge < -0.3 is 10.8 Å². The van der Waals surface area contributed by atoms with Crippen molar-refractivity contribution in [3.05, 3.63) is 23.9 Å². The van der Waals surface area contributed by atoms with Gasteiger partial charge in [-0.2, -0.15) is 0 Å². The van der Waals surface area contributed by atoms with E-state index < -0.39 is 5.97 Å². The van der Waals surface area contributed by atoms with Crippen LogP contribution in [0.4, 0.5) is 5.82 Å². The van der Waals surface area contributed by atoms with Gasteiger partial charge in [0, 0.05) is 18.3 Å². The average Bonchev–Trinajstić information content (AvgIpc) is 2.23. The Morgan fingerprint density at radius 1 is 1.56 bits per heavy atom. The Morgan fingerprint density at radius 2 is 2.19 bits per heavy atom. The van der Waals surface area contributed by atoms with Crippen LogP contribution in [0.1, 0.15) is 19.4 Å². The van der Waals surface area contributed by atoms with E-state index in [2.05, 4.69) is 4.98 Å². The second kappa shape index (κ2) is 7.64. The molecule has 0 aliphatic carbocycles. The highest BCUT2D eigenvalue weighted by Crippen LogP contribution is 2.08.